The van der Waals surface area contributed by atoms with E-state index in [1.165, 1.54) is 319 Å². The van der Waals surface area contributed by atoms with Gasteiger partial charge in [-0.3, -0.25) is 73.8 Å². The fraction of sp³-hybridized carbons (Fsp3) is 0.790. The van der Waals surface area contributed by atoms with Crippen LogP contribution in [-0.2, 0) is 21.7 Å². The van der Waals surface area contributed by atoms with Crippen LogP contribution in [0.15, 0.2) is 117 Å². The highest BCUT2D eigenvalue weighted by molar-refractivity contribution is 5.79. The smallest absolute Gasteiger partial charge is 0.225 e. The van der Waals surface area contributed by atoms with Crippen LogP contribution in [0, 0.1) is 38.4 Å². The van der Waals surface area contributed by atoms with Gasteiger partial charge >= 0.3 is 0 Å². The van der Waals surface area contributed by atoms with Crippen molar-refractivity contribution >= 4 is 23.0 Å². The molecule has 0 N–H and O–H groups in total. The Bertz CT molecular complexity index is 4720. The zero-order chi connectivity index (χ0) is 104. The number of rotatable bonds is 6. The van der Waals surface area contributed by atoms with Crippen molar-refractivity contribution in [3.63, 3.8) is 0 Å². The molecule has 5 aromatic heterocycles. The standard InChI is InChI=1S/C22H43N3.C20H37N3O.C18H28N2.C17H27N3.2C16H25N3.C15H22N2O/c1-20(2,3)24-13-11-22(12-14-24)9-7-19(8-10-22)23-15-17-25(18-16-23)21(4,5)6;1-19(2,3)23-11-9-20(10-12-23)7-5-17(6-8-20)18(24)22-15-13-21(4)14-16-22;1-17(2,3)20-12-8-18(9-13-20)7-4-16(14-18)15-5-10-19-11-6-15;1-16(2,3)20-11-4-7-17(14-20)8-12-19(13-17)15-5-9-18-10-6-15;1-15(2,3)19-11-7-16(13-19)6-10-18(12-16)14-4-8-17-9-5-14;1-15(2,3)19-12-16(13-19)6-10-18(11-7-16)14-4-8-17-9-5-14;1-14(2,3)17-8-5-15(6-9-17)13-10-16-7-4-12(13)11-18-15/h19H,7-18H2,1-6H3;17H,5-16H2,1-4H3;5-6,10-11,16H,4,7-9,12-14H2,1-3H3;5-6,9-10H,4,7-8,11-14H2,1-3H3;2*4-5,8-9H,6-7,10-13H2,1-3H3;4,7,10H,5-6,8-9,11H2,1-3H3. The number of hydrogen-bond acceptors (Lipinski definition) is 20. The number of ether oxygens (including phenoxy) is 1. The molecule has 3 unspecified atom stereocenters. The van der Waals surface area contributed by atoms with E-state index in [-0.39, 0.29) is 11.1 Å². The van der Waals surface area contributed by atoms with Gasteiger partial charge in [-0.25, -0.2) is 0 Å². The topological polar surface area (TPSA) is 136 Å². The number of fused-ring (bicyclic) bond motifs is 2. The molecular formula is C124H207N19O2. The number of anilines is 3. The molecule has 145 heavy (non-hydrogen) atoms. The maximum Gasteiger partial charge on any atom is 0.225 e. The summed E-state index contributed by atoms with van der Waals surface area (Å²) in [6, 6.07) is 20.2. The molecule has 13 aliphatic heterocycles. The molecule has 15 fully saturated rings. The molecule has 810 valence electrons. The normalized spacial score (nSPS) is 27.2. The van der Waals surface area contributed by atoms with Crippen LogP contribution in [0.4, 0.5) is 17.1 Å². The van der Waals surface area contributed by atoms with Crippen molar-refractivity contribution < 1.29 is 9.53 Å². The van der Waals surface area contributed by atoms with Gasteiger partial charge in [-0.05, 0) is 486 Å². The van der Waals surface area contributed by atoms with E-state index in [4.69, 9.17) is 4.74 Å². The molecule has 3 atom stereocenters. The molecule has 7 spiro atoms. The van der Waals surface area contributed by atoms with E-state index in [1.807, 2.05) is 62.0 Å². The van der Waals surface area contributed by atoms with Gasteiger partial charge in [0.2, 0.25) is 5.91 Å². The first kappa shape index (κ1) is 113. The Morgan fingerprint density at radius 3 is 1.06 bits per heavy atom. The lowest BCUT2D eigenvalue weighted by Crippen LogP contribution is -2.65. The summed E-state index contributed by atoms with van der Waals surface area (Å²) in [4.78, 5) is 69.6. The van der Waals surface area contributed by atoms with Crippen LogP contribution in [0.3, 0.4) is 0 Å². The number of likely N-dealkylation sites (tertiary alicyclic amines) is 7. The van der Waals surface area contributed by atoms with E-state index in [9.17, 15) is 4.79 Å². The van der Waals surface area contributed by atoms with Crippen molar-refractivity contribution in [2.75, 3.05) is 205 Å². The molecule has 1 amide bonds. The SMILES string of the molecule is CC(C)(C)N1CC2(CCN(c3ccncc3)CC2)C1.CC(C)(C)N1CCC2(CC1)OCc1ccncc12.CC(C)(C)N1CCC2(CCC(c3ccncc3)C2)CC1.CC(C)(C)N1CCC2(CCN(c3ccncc3)C2)C1.CC(C)(C)N1CCCC2(CCN(c3ccncc3)C2)C1.CC(C)(C)N1CCN(C2CCC3(CC2)CCN(C(C)(C)C)CC3)CC1.CN1CCN(C(=O)C2CCC3(CC2)CCN(C(C)(C)C)CC3)CC1. The minimum atomic E-state index is -0.0503. The summed E-state index contributed by atoms with van der Waals surface area (Å²) in [5.41, 5.74) is 14.2. The van der Waals surface area contributed by atoms with Crippen LogP contribution in [-0.4, -0.2) is 325 Å². The Morgan fingerprint density at radius 1 is 0.297 bits per heavy atom. The summed E-state index contributed by atoms with van der Waals surface area (Å²) < 4.78 is 6.15. The lowest BCUT2D eigenvalue weighted by molar-refractivity contribution is -0.139. The molecule has 0 bridgehead atoms. The molecule has 18 heterocycles. The van der Waals surface area contributed by atoms with E-state index in [0.29, 0.717) is 83.1 Å². The lowest BCUT2D eigenvalue weighted by Gasteiger charge is -2.58. The fourth-order valence-electron chi connectivity index (χ4n) is 28.6. The zero-order valence-electron chi connectivity index (χ0n) is 96.9. The number of hydrogen-bond donors (Lipinski definition) is 0. The summed E-state index contributed by atoms with van der Waals surface area (Å²) in [6.45, 7) is 90.6. The lowest BCUT2D eigenvalue weighted by atomic mass is 9.65. The second-order valence-corrected chi connectivity index (χ2v) is 57.0. The molecule has 5 aromatic rings. The van der Waals surface area contributed by atoms with Gasteiger partial charge in [0.1, 0.15) is 0 Å². The number of aromatic nitrogens is 5. The summed E-state index contributed by atoms with van der Waals surface area (Å²) in [6.07, 6.45) is 54.0. The molecule has 12 saturated heterocycles. The van der Waals surface area contributed by atoms with Crippen molar-refractivity contribution in [3.05, 3.63) is 133 Å². The van der Waals surface area contributed by atoms with Crippen LogP contribution in [0.25, 0.3) is 0 Å². The Balaban J connectivity index is 0.000000127. The summed E-state index contributed by atoms with van der Waals surface area (Å²) in [5, 5.41) is 0. The van der Waals surface area contributed by atoms with Crippen LogP contribution >= 0.6 is 0 Å². The number of piperidine rings is 6. The highest BCUT2D eigenvalue weighted by atomic mass is 16.5. The first-order valence-corrected chi connectivity index (χ1v) is 58.5. The third kappa shape index (κ3) is 29.4. The number of likely N-dealkylation sites (N-methyl/N-ethyl adjacent to an activating group) is 1. The van der Waals surface area contributed by atoms with Gasteiger partial charge in [-0.15, -0.1) is 0 Å². The monoisotopic (exact) mass is 1990 g/mol. The first-order valence-electron chi connectivity index (χ1n) is 58.5. The Kier molecular flexibility index (Phi) is 36.4. The minimum Gasteiger partial charge on any atom is -0.371 e. The highest BCUT2D eigenvalue weighted by Gasteiger charge is 2.53. The third-order valence-corrected chi connectivity index (χ3v) is 39.4. The van der Waals surface area contributed by atoms with Crippen molar-refractivity contribution in [2.45, 2.75) is 402 Å². The number of carbonyl (C=O) groups is 1. The molecule has 0 aromatic carbocycles. The van der Waals surface area contributed by atoms with E-state index >= 15 is 0 Å². The summed E-state index contributed by atoms with van der Waals surface area (Å²) in [7, 11) is 2.15. The van der Waals surface area contributed by atoms with Crippen molar-refractivity contribution in [1.29, 1.82) is 0 Å². The number of carbonyl (C=O) groups excluding carboxylic acids is 1. The van der Waals surface area contributed by atoms with Gasteiger partial charge in [0.05, 0.1) is 12.2 Å². The molecule has 3 saturated carbocycles. The van der Waals surface area contributed by atoms with E-state index in [1.54, 1.807) is 0 Å². The second-order valence-electron chi connectivity index (χ2n) is 57.0. The minimum absolute atomic E-state index is 0.0503. The molecule has 16 aliphatic rings. The molecule has 21 rings (SSSR count). The molecule has 3 aliphatic carbocycles. The van der Waals surface area contributed by atoms with Crippen molar-refractivity contribution in [2.24, 2.45) is 38.4 Å². The zero-order valence-corrected chi connectivity index (χ0v) is 96.9. The maximum atomic E-state index is 12.8. The number of pyridine rings is 5. The van der Waals surface area contributed by atoms with E-state index in [0.717, 1.165) is 83.5 Å². The van der Waals surface area contributed by atoms with Gasteiger partial charge in [-0.1, -0.05) is 0 Å². The van der Waals surface area contributed by atoms with Crippen LogP contribution in [0.5, 0.6) is 0 Å². The van der Waals surface area contributed by atoms with Crippen LogP contribution in [0.2, 0.25) is 0 Å². The number of piperazine rings is 2. The van der Waals surface area contributed by atoms with Crippen molar-refractivity contribution in [3.8, 4) is 0 Å². The van der Waals surface area contributed by atoms with Crippen molar-refractivity contribution in [1.82, 2.24) is 78.8 Å². The van der Waals surface area contributed by atoms with Gasteiger partial charge in [0.25, 0.3) is 0 Å². The average molecular weight is 2000 g/mol. The van der Waals surface area contributed by atoms with Gasteiger partial charge in [0, 0.05) is 283 Å². The van der Waals surface area contributed by atoms with Crippen LogP contribution < -0.4 is 14.7 Å². The first-order chi connectivity index (χ1) is 68.3. The Labute approximate surface area is 884 Å². The second kappa shape index (κ2) is 46.6. The molecule has 0 radical (unpaired) electrons. The number of nitrogens with zero attached hydrogens (tertiary/aromatic N) is 19. The largest absolute Gasteiger partial charge is 0.371 e. The average Bonchev–Trinajstić information content (AvgIpc) is 1.74. The predicted molar refractivity (Wildman–Crippen MR) is 605 cm³/mol. The van der Waals surface area contributed by atoms with E-state index in [2.05, 4.69) is 321 Å². The van der Waals surface area contributed by atoms with Gasteiger partial charge in [0.15, 0.2) is 0 Å². The molecule has 21 nitrogen and oxygen atoms in total. The Hall–Kier alpha value is -5.82. The predicted octanol–water partition coefficient (Wildman–Crippen LogP) is 22.7. The highest BCUT2D eigenvalue weighted by Crippen LogP contribution is 2.55. The van der Waals surface area contributed by atoms with Crippen LogP contribution in [0.1, 0.15) is 356 Å². The molecule has 21 heteroatoms. The van der Waals surface area contributed by atoms with E-state index < -0.39 is 0 Å². The Morgan fingerprint density at radius 2 is 0.628 bits per heavy atom. The third-order valence-electron chi connectivity index (χ3n) is 39.4. The van der Waals surface area contributed by atoms with Gasteiger partial charge in [-0.2, -0.15) is 0 Å². The number of amides is 1. The summed E-state index contributed by atoms with van der Waals surface area (Å²) >= 11 is 0. The summed E-state index contributed by atoms with van der Waals surface area (Å²) in [5.74, 6) is 1.53. The van der Waals surface area contributed by atoms with Gasteiger partial charge < -0.3 is 29.2 Å². The quantitative estimate of drug-likeness (QED) is 0.159. The molecular weight excluding hydrogens is 1790 g/mol. The maximum absolute atomic E-state index is 12.8. The fourth-order valence-corrected chi connectivity index (χ4v) is 28.6.